The maximum absolute atomic E-state index is 12.0. The molecule has 0 saturated carbocycles. The number of hydrogen-bond donors (Lipinski definition) is 1. The highest BCUT2D eigenvalue weighted by Crippen LogP contribution is 2.32. The number of rotatable bonds is 6. The van der Waals surface area contributed by atoms with Crippen molar-refractivity contribution in [1.29, 1.82) is 0 Å². The fourth-order valence-corrected chi connectivity index (χ4v) is 2.66. The van der Waals surface area contributed by atoms with E-state index in [0.717, 1.165) is 28.2 Å². The van der Waals surface area contributed by atoms with Crippen LogP contribution < -0.4 is 5.32 Å². The van der Waals surface area contributed by atoms with E-state index in [2.05, 4.69) is 10.3 Å². The molecule has 2 heterocycles. The monoisotopic (exact) mass is 323 g/mol. The molecule has 0 radical (unpaired) electrons. The normalized spacial score (nSPS) is 13.4. The van der Waals surface area contributed by atoms with Crippen molar-refractivity contribution in [3.05, 3.63) is 22.4 Å². The van der Waals surface area contributed by atoms with Crippen LogP contribution in [0.15, 0.2) is 0 Å². The number of aromatic nitrogens is 1. The van der Waals surface area contributed by atoms with Gasteiger partial charge in [0.25, 0.3) is 0 Å². The molecule has 0 spiro atoms. The Morgan fingerprint density at radius 1 is 1.26 bits per heavy atom. The average molecular weight is 323 g/mol. The first-order valence-electron chi connectivity index (χ1n) is 7.71. The molecule has 0 saturated heterocycles. The van der Waals surface area contributed by atoms with Crippen molar-refractivity contribution in [3.63, 3.8) is 0 Å². The summed E-state index contributed by atoms with van der Waals surface area (Å²) in [5.41, 5.74) is 4.24. The fraction of sp³-hybridized carbons (Fsp3) is 0.625. The minimum absolute atomic E-state index is 0.293. The van der Waals surface area contributed by atoms with Crippen molar-refractivity contribution in [3.8, 4) is 0 Å². The van der Waals surface area contributed by atoms with Crippen LogP contribution in [0.5, 0.6) is 0 Å². The molecule has 0 aromatic carbocycles. The van der Waals surface area contributed by atoms with Crippen molar-refractivity contribution in [2.45, 2.75) is 40.2 Å². The molecule has 7 nitrogen and oxygen atoms in total. The predicted molar refractivity (Wildman–Crippen MR) is 86.3 cm³/mol. The SMILES string of the molecule is CCOC(=O)N1Cc2c(NCC(OC)OC)nc(C)c(C)c2C1. The Hall–Kier alpha value is -1.86. The lowest BCUT2D eigenvalue weighted by atomic mass is 10.0. The molecule has 2 rings (SSSR count). The summed E-state index contributed by atoms with van der Waals surface area (Å²) in [7, 11) is 3.19. The highest BCUT2D eigenvalue weighted by atomic mass is 16.7. The van der Waals surface area contributed by atoms with Crippen molar-refractivity contribution >= 4 is 11.9 Å². The molecule has 7 heteroatoms. The molecule has 1 aliphatic rings. The zero-order chi connectivity index (χ0) is 17.0. The van der Waals surface area contributed by atoms with Gasteiger partial charge in [-0.1, -0.05) is 0 Å². The first-order chi connectivity index (χ1) is 11.0. The third kappa shape index (κ3) is 3.73. The molecule has 0 aliphatic carbocycles. The Bertz CT molecular complexity index is 573. The van der Waals surface area contributed by atoms with Crippen molar-refractivity contribution < 1.29 is 19.0 Å². The van der Waals surface area contributed by atoms with E-state index in [4.69, 9.17) is 14.2 Å². The van der Waals surface area contributed by atoms with Crippen LogP contribution >= 0.6 is 0 Å². The first kappa shape index (κ1) is 17.5. The number of carbonyl (C=O) groups excluding carboxylic acids is 1. The Balaban J connectivity index is 2.22. The molecule has 0 fully saturated rings. The molecule has 0 bridgehead atoms. The van der Waals surface area contributed by atoms with Crippen LogP contribution in [0.4, 0.5) is 10.6 Å². The fourth-order valence-electron chi connectivity index (χ4n) is 2.66. The van der Waals surface area contributed by atoms with Gasteiger partial charge in [-0.15, -0.1) is 0 Å². The van der Waals surface area contributed by atoms with Crippen LogP contribution in [0.25, 0.3) is 0 Å². The zero-order valence-corrected chi connectivity index (χ0v) is 14.4. The lowest BCUT2D eigenvalue weighted by molar-refractivity contribution is -0.0914. The van der Waals surface area contributed by atoms with Gasteiger partial charge in [0.1, 0.15) is 5.82 Å². The number of nitrogens with one attached hydrogen (secondary N) is 1. The number of ether oxygens (including phenoxy) is 3. The Morgan fingerprint density at radius 3 is 2.52 bits per heavy atom. The highest BCUT2D eigenvalue weighted by molar-refractivity contribution is 5.70. The average Bonchev–Trinajstić information content (AvgIpc) is 2.99. The largest absolute Gasteiger partial charge is 0.450 e. The van der Waals surface area contributed by atoms with E-state index in [9.17, 15) is 4.79 Å². The highest BCUT2D eigenvalue weighted by Gasteiger charge is 2.29. The van der Waals surface area contributed by atoms with E-state index in [1.54, 1.807) is 26.0 Å². The van der Waals surface area contributed by atoms with Gasteiger partial charge in [-0.2, -0.15) is 0 Å². The molecular weight excluding hydrogens is 298 g/mol. The van der Waals surface area contributed by atoms with Gasteiger partial charge in [0.2, 0.25) is 0 Å². The number of hydrogen-bond acceptors (Lipinski definition) is 6. The Kier molecular flexibility index (Phi) is 5.79. The van der Waals surface area contributed by atoms with E-state index in [1.807, 2.05) is 13.8 Å². The first-order valence-corrected chi connectivity index (χ1v) is 7.71. The maximum Gasteiger partial charge on any atom is 0.410 e. The third-order valence-corrected chi connectivity index (χ3v) is 4.11. The number of amides is 1. The van der Waals surface area contributed by atoms with Gasteiger partial charge in [-0.25, -0.2) is 9.78 Å². The molecule has 0 unspecified atom stereocenters. The number of nitrogens with zero attached hydrogens (tertiary/aromatic N) is 2. The van der Waals surface area contributed by atoms with Crippen LogP contribution in [-0.2, 0) is 27.3 Å². The Morgan fingerprint density at radius 2 is 1.91 bits per heavy atom. The van der Waals surface area contributed by atoms with Gasteiger partial charge in [0, 0.05) is 25.5 Å². The third-order valence-electron chi connectivity index (χ3n) is 4.11. The summed E-state index contributed by atoms with van der Waals surface area (Å²) in [5, 5.41) is 3.27. The lowest BCUT2D eigenvalue weighted by Crippen LogP contribution is -2.26. The molecular formula is C16H25N3O4. The summed E-state index contributed by atoms with van der Waals surface area (Å²) in [4.78, 5) is 18.3. The van der Waals surface area contributed by atoms with Gasteiger partial charge in [-0.3, -0.25) is 4.90 Å². The lowest BCUT2D eigenvalue weighted by Gasteiger charge is -2.17. The molecule has 1 aromatic rings. The van der Waals surface area contributed by atoms with Gasteiger partial charge in [-0.05, 0) is 31.9 Å². The second-order valence-corrected chi connectivity index (χ2v) is 5.46. The van der Waals surface area contributed by atoms with Crippen LogP contribution in [0.1, 0.15) is 29.3 Å². The second-order valence-electron chi connectivity index (χ2n) is 5.46. The quantitative estimate of drug-likeness (QED) is 0.809. The van der Waals surface area contributed by atoms with Gasteiger partial charge in [0.15, 0.2) is 6.29 Å². The van der Waals surface area contributed by atoms with Crippen LogP contribution in [-0.4, -0.2) is 49.6 Å². The van der Waals surface area contributed by atoms with Crippen LogP contribution in [0, 0.1) is 13.8 Å². The van der Waals surface area contributed by atoms with E-state index in [1.165, 1.54) is 0 Å². The number of methoxy groups -OCH3 is 2. The molecule has 23 heavy (non-hydrogen) atoms. The summed E-state index contributed by atoms with van der Waals surface area (Å²) in [6.07, 6.45) is -0.644. The summed E-state index contributed by atoms with van der Waals surface area (Å²) < 4.78 is 15.5. The second kappa shape index (κ2) is 7.61. The molecule has 1 N–H and O–H groups in total. The predicted octanol–water partition coefficient (Wildman–Crippen LogP) is 2.20. The summed E-state index contributed by atoms with van der Waals surface area (Å²) in [6.45, 7) is 7.71. The molecule has 1 aromatic heterocycles. The van der Waals surface area contributed by atoms with Gasteiger partial charge < -0.3 is 19.5 Å². The zero-order valence-electron chi connectivity index (χ0n) is 14.4. The smallest absolute Gasteiger partial charge is 0.410 e. The molecule has 1 amide bonds. The molecule has 1 aliphatic heterocycles. The van der Waals surface area contributed by atoms with Crippen LogP contribution in [0.3, 0.4) is 0 Å². The number of fused-ring (bicyclic) bond motifs is 1. The van der Waals surface area contributed by atoms with Crippen LogP contribution in [0.2, 0.25) is 0 Å². The Labute approximate surface area is 136 Å². The minimum Gasteiger partial charge on any atom is -0.450 e. The van der Waals surface area contributed by atoms with E-state index in [-0.39, 0.29) is 12.4 Å². The topological polar surface area (TPSA) is 72.9 Å². The number of carbonyl (C=O) groups is 1. The summed E-state index contributed by atoms with van der Waals surface area (Å²) in [5.74, 6) is 0.772. The van der Waals surface area contributed by atoms with Crippen molar-refractivity contribution in [1.82, 2.24) is 9.88 Å². The van der Waals surface area contributed by atoms with Gasteiger partial charge in [0.05, 0.1) is 26.2 Å². The van der Waals surface area contributed by atoms with Crippen molar-refractivity contribution in [2.24, 2.45) is 0 Å². The van der Waals surface area contributed by atoms with E-state index >= 15 is 0 Å². The van der Waals surface area contributed by atoms with E-state index < -0.39 is 0 Å². The summed E-state index contributed by atoms with van der Waals surface area (Å²) in [6, 6.07) is 0. The minimum atomic E-state index is -0.350. The standard InChI is InChI=1S/C16H25N3O4/c1-6-23-16(20)19-8-12-10(2)11(3)18-15(13(12)9-19)17-7-14(21-4)22-5/h14H,6-9H2,1-5H3,(H,17,18). The number of pyridine rings is 1. The number of anilines is 1. The van der Waals surface area contributed by atoms with E-state index in [0.29, 0.717) is 26.2 Å². The molecule has 0 atom stereocenters. The number of aryl methyl sites for hydroxylation is 1. The molecule has 128 valence electrons. The maximum atomic E-state index is 12.0. The summed E-state index contributed by atoms with van der Waals surface area (Å²) >= 11 is 0. The van der Waals surface area contributed by atoms with Gasteiger partial charge >= 0.3 is 6.09 Å². The van der Waals surface area contributed by atoms with Crippen molar-refractivity contribution in [2.75, 3.05) is 32.7 Å².